The van der Waals surface area contributed by atoms with Crippen LogP contribution in [0.2, 0.25) is 0 Å². The van der Waals surface area contributed by atoms with Crippen molar-refractivity contribution in [3.05, 3.63) is 12.2 Å². The van der Waals surface area contributed by atoms with Gasteiger partial charge in [-0.2, -0.15) is 0 Å². The summed E-state index contributed by atoms with van der Waals surface area (Å²) in [4.78, 5) is 0. The molecule has 0 saturated carbocycles. The summed E-state index contributed by atoms with van der Waals surface area (Å²) < 4.78 is 10.7. The van der Waals surface area contributed by atoms with E-state index in [4.69, 9.17) is 14.6 Å². The van der Waals surface area contributed by atoms with Crippen LogP contribution in [0.4, 0.5) is 0 Å². The summed E-state index contributed by atoms with van der Waals surface area (Å²) in [6.07, 6.45) is 3.51. The van der Waals surface area contributed by atoms with Crippen LogP contribution < -0.4 is 0 Å². The van der Waals surface area contributed by atoms with Gasteiger partial charge in [-0.3, -0.25) is 0 Å². The third kappa shape index (κ3) is 2.30. The Bertz CT molecular complexity index is 156. The van der Waals surface area contributed by atoms with Gasteiger partial charge in [0.2, 0.25) is 0 Å². The maximum absolute atomic E-state index is 8.93. The highest BCUT2D eigenvalue weighted by Crippen LogP contribution is 2.18. The van der Waals surface area contributed by atoms with Crippen molar-refractivity contribution < 1.29 is 14.6 Å². The molecule has 3 atom stereocenters. The predicted molar refractivity (Wildman–Crippen MR) is 45.7 cm³/mol. The SMILES string of the molecule is CCOC1C=CC(C)C(CO)O1. The van der Waals surface area contributed by atoms with Crippen LogP contribution in [0, 0.1) is 5.92 Å². The Morgan fingerprint density at radius 1 is 1.50 bits per heavy atom. The Kier molecular flexibility index (Phi) is 3.72. The average Bonchev–Trinajstić information content (AvgIpc) is 2.09. The highest BCUT2D eigenvalue weighted by molar-refractivity contribution is 4.97. The minimum Gasteiger partial charge on any atom is -0.394 e. The lowest BCUT2D eigenvalue weighted by molar-refractivity contribution is -0.165. The molecule has 3 heteroatoms. The number of hydrogen-bond acceptors (Lipinski definition) is 3. The van der Waals surface area contributed by atoms with Crippen molar-refractivity contribution in [2.24, 2.45) is 5.92 Å². The molecule has 12 heavy (non-hydrogen) atoms. The van der Waals surface area contributed by atoms with E-state index >= 15 is 0 Å². The second-order valence-corrected chi connectivity index (χ2v) is 2.92. The highest BCUT2D eigenvalue weighted by atomic mass is 16.7. The molecule has 0 aliphatic carbocycles. The summed E-state index contributed by atoms with van der Waals surface area (Å²) in [6.45, 7) is 4.61. The third-order valence-electron chi connectivity index (χ3n) is 1.98. The zero-order valence-corrected chi connectivity index (χ0v) is 7.56. The van der Waals surface area contributed by atoms with Crippen LogP contribution in [0.15, 0.2) is 12.2 Å². The van der Waals surface area contributed by atoms with Gasteiger partial charge in [0.1, 0.15) is 0 Å². The van der Waals surface area contributed by atoms with Crippen molar-refractivity contribution in [1.29, 1.82) is 0 Å². The minimum absolute atomic E-state index is 0.0507. The van der Waals surface area contributed by atoms with Gasteiger partial charge in [0.05, 0.1) is 12.7 Å². The first-order valence-corrected chi connectivity index (χ1v) is 4.34. The maximum Gasteiger partial charge on any atom is 0.177 e. The number of aliphatic hydroxyl groups is 1. The van der Waals surface area contributed by atoms with Gasteiger partial charge in [0.25, 0.3) is 0 Å². The van der Waals surface area contributed by atoms with Crippen LogP contribution in [-0.2, 0) is 9.47 Å². The molecular formula is C9H16O3. The van der Waals surface area contributed by atoms with E-state index in [-0.39, 0.29) is 24.9 Å². The van der Waals surface area contributed by atoms with E-state index in [0.29, 0.717) is 6.61 Å². The molecule has 0 aromatic carbocycles. The van der Waals surface area contributed by atoms with E-state index in [9.17, 15) is 0 Å². The molecule has 3 nitrogen and oxygen atoms in total. The molecule has 3 unspecified atom stereocenters. The summed E-state index contributed by atoms with van der Waals surface area (Å²) in [7, 11) is 0. The summed E-state index contributed by atoms with van der Waals surface area (Å²) in [5, 5.41) is 8.93. The van der Waals surface area contributed by atoms with E-state index in [1.807, 2.05) is 26.0 Å². The van der Waals surface area contributed by atoms with Gasteiger partial charge in [0, 0.05) is 12.5 Å². The van der Waals surface area contributed by atoms with E-state index in [1.165, 1.54) is 0 Å². The molecule has 1 rings (SSSR count). The second-order valence-electron chi connectivity index (χ2n) is 2.92. The number of rotatable bonds is 3. The fraction of sp³-hybridized carbons (Fsp3) is 0.778. The monoisotopic (exact) mass is 172 g/mol. The Hall–Kier alpha value is -0.380. The molecule has 0 fully saturated rings. The van der Waals surface area contributed by atoms with Gasteiger partial charge in [-0.05, 0) is 13.0 Å². The number of hydrogen-bond donors (Lipinski definition) is 1. The molecule has 1 N–H and O–H groups in total. The molecule has 0 bridgehead atoms. The predicted octanol–water partition coefficient (Wildman–Crippen LogP) is 0.932. The summed E-state index contributed by atoms with van der Waals surface area (Å²) in [6, 6.07) is 0. The standard InChI is InChI=1S/C9H16O3/c1-3-11-9-5-4-7(2)8(6-10)12-9/h4-5,7-10H,3,6H2,1-2H3. The van der Waals surface area contributed by atoms with Crippen LogP contribution in [0.3, 0.4) is 0 Å². The normalized spacial score (nSPS) is 35.4. The second kappa shape index (κ2) is 4.60. The smallest absolute Gasteiger partial charge is 0.177 e. The first kappa shape index (κ1) is 9.71. The highest BCUT2D eigenvalue weighted by Gasteiger charge is 2.23. The van der Waals surface area contributed by atoms with Crippen molar-refractivity contribution in [2.45, 2.75) is 26.2 Å². The van der Waals surface area contributed by atoms with E-state index in [0.717, 1.165) is 0 Å². The molecule has 0 aromatic heterocycles. The zero-order valence-electron chi connectivity index (χ0n) is 7.56. The van der Waals surface area contributed by atoms with Gasteiger partial charge in [-0.15, -0.1) is 0 Å². The van der Waals surface area contributed by atoms with Crippen molar-refractivity contribution in [3.63, 3.8) is 0 Å². The van der Waals surface area contributed by atoms with Gasteiger partial charge < -0.3 is 14.6 Å². The topological polar surface area (TPSA) is 38.7 Å². The largest absolute Gasteiger partial charge is 0.394 e. The summed E-state index contributed by atoms with van der Waals surface area (Å²) in [5.74, 6) is 0.270. The van der Waals surface area contributed by atoms with E-state index in [2.05, 4.69) is 0 Å². The molecule has 70 valence electrons. The van der Waals surface area contributed by atoms with Crippen LogP contribution in [0.1, 0.15) is 13.8 Å². The van der Waals surface area contributed by atoms with Gasteiger partial charge in [-0.1, -0.05) is 13.0 Å². The lowest BCUT2D eigenvalue weighted by atomic mass is 10.0. The molecule has 0 amide bonds. The van der Waals surface area contributed by atoms with Crippen LogP contribution in [0.5, 0.6) is 0 Å². The number of ether oxygens (including phenoxy) is 2. The zero-order chi connectivity index (χ0) is 8.97. The summed E-state index contributed by atoms with van der Waals surface area (Å²) >= 11 is 0. The van der Waals surface area contributed by atoms with Crippen LogP contribution in [-0.4, -0.2) is 30.7 Å². The lowest BCUT2D eigenvalue weighted by Crippen LogP contribution is -2.34. The Morgan fingerprint density at radius 2 is 2.25 bits per heavy atom. The fourth-order valence-corrected chi connectivity index (χ4v) is 1.20. The van der Waals surface area contributed by atoms with Crippen molar-refractivity contribution in [2.75, 3.05) is 13.2 Å². The van der Waals surface area contributed by atoms with Crippen molar-refractivity contribution in [1.82, 2.24) is 0 Å². The third-order valence-corrected chi connectivity index (χ3v) is 1.98. The first-order chi connectivity index (χ1) is 5.77. The molecule has 0 radical (unpaired) electrons. The van der Waals surface area contributed by atoms with E-state index < -0.39 is 0 Å². The molecule has 1 aliphatic rings. The average molecular weight is 172 g/mol. The maximum atomic E-state index is 8.93. The van der Waals surface area contributed by atoms with Crippen molar-refractivity contribution in [3.8, 4) is 0 Å². The molecule has 1 heterocycles. The van der Waals surface area contributed by atoms with Gasteiger partial charge in [-0.25, -0.2) is 0 Å². The fourth-order valence-electron chi connectivity index (χ4n) is 1.20. The van der Waals surface area contributed by atoms with Gasteiger partial charge >= 0.3 is 0 Å². The molecular weight excluding hydrogens is 156 g/mol. The number of aliphatic hydroxyl groups excluding tert-OH is 1. The van der Waals surface area contributed by atoms with E-state index in [1.54, 1.807) is 0 Å². The molecule has 0 saturated heterocycles. The lowest BCUT2D eigenvalue weighted by Gasteiger charge is -2.28. The molecule has 1 aliphatic heterocycles. The molecule has 0 spiro atoms. The first-order valence-electron chi connectivity index (χ1n) is 4.34. The van der Waals surface area contributed by atoms with Gasteiger partial charge in [0.15, 0.2) is 6.29 Å². The quantitative estimate of drug-likeness (QED) is 0.644. The Balaban J connectivity index is 2.46. The van der Waals surface area contributed by atoms with Crippen LogP contribution >= 0.6 is 0 Å². The Morgan fingerprint density at radius 3 is 2.83 bits per heavy atom. The Labute approximate surface area is 73.0 Å². The van der Waals surface area contributed by atoms with Crippen LogP contribution in [0.25, 0.3) is 0 Å². The summed E-state index contributed by atoms with van der Waals surface area (Å²) in [5.41, 5.74) is 0. The minimum atomic E-state index is -0.275. The van der Waals surface area contributed by atoms with Crippen molar-refractivity contribution >= 4 is 0 Å². The molecule has 0 aromatic rings.